The van der Waals surface area contributed by atoms with Crippen LogP contribution in [-0.4, -0.2) is 16.3 Å². The van der Waals surface area contributed by atoms with Crippen LogP contribution in [0.25, 0.3) is 0 Å². The van der Waals surface area contributed by atoms with Gasteiger partial charge < -0.3 is 15.5 Å². The predicted molar refractivity (Wildman–Crippen MR) is 70.3 cm³/mol. The number of aromatic hydroxyl groups is 2. The van der Waals surface area contributed by atoms with E-state index in [1.54, 1.807) is 12.1 Å². The third-order valence-electron chi connectivity index (χ3n) is 3.01. The quantitative estimate of drug-likeness (QED) is 0.711. The van der Waals surface area contributed by atoms with Crippen molar-refractivity contribution in [3.8, 4) is 11.5 Å². The Bertz CT molecular complexity index is 352. The first-order valence-corrected chi connectivity index (χ1v) is 6.32. The van der Waals surface area contributed by atoms with Crippen LogP contribution in [-0.2, 0) is 0 Å². The molecule has 0 radical (unpaired) electrons. The first-order chi connectivity index (χ1) is 8.04. The lowest BCUT2D eigenvalue weighted by Gasteiger charge is -2.21. The molecule has 0 saturated heterocycles. The van der Waals surface area contributed by atoms with E-state index in [1.165, 1.54) is 18.9 Å². The number of unbranched alkanes of at least 4 members (excludes halogenated alkanes) is 1. The number of nitrogens with one attached hydrogen (secondary N) is 1. The number of hydrogen-bond acceptors (Lipinski definition) is 3. The van der Waals surface area contributed by atoms with Crippen molar-refractivity contribution in [1.29, 1.82) is 0 Å². The molecule has 0 aliphatic rings. The Labute approximate surface area is 103 Å². The van der Waals surface area contributed by atoms with Crippen LogP contribution in [0.15, 0.2) is 18.2 Å². The standard InChI is InChI=1S/C14H23NO2/c1-4-5-6-10(2)15-11(3)13-8-7-12(16)9-14(13)17/h7-11,15-17H,4-6H2,1-3H3. The third kappa shape index (κ3) is 4.27. The van der Waals surface area contributed by atoms with Crippen molar-refractivity contribution in [2.24, 2.45) is 0 Å². The van der Waals surface area contributed by atoms with Gasteiger partial charge in [0.2, 0.25) is 0 Å². The summed E-state index contributed by atoms with van der Waals surface area (Å²) in [5, 5.41) is 22.4. The second kappa shape index (κ2) is 6.50. The maximum Gasteiger partial charge on any atom is 0.124 e. The molecule has 96 valence electrons. The Morgan fingerprint density at radius 1 is 1.24 bits per heavy atom. The van der Waals surface area contributed by atoms with E-state index in [4.69, 9.17) is 0 Å². The monoisotopic (exact) mass is 237 g/mol. The van der Waals surface area contributed by atoms with E-state index >= 15 is 0 Å². The third-order valence-corrected chi connectivity index (χ3v) is 3.01. The average Bonchev–Trinajstić information content (AvgIpc) is 2.26. The topological polar surface area (TPSA) is 52.5 Å². The van der Waals surface area contributed by atoms with Crippen molar-refractivity contribution in [2.75, 3.05) is 0 Å². The summed E-state index contributed by atoms with van der Waals surface area (Å²) in [4.78, 5) is 0. The molecule has 0 fully saturated rings. The lowest BCUT2D eigenvalue weighted by Crippen LogP contribution is -2.28. The molecule has 1 aromatic carbocycles. The second-order valence-electron chi connectivity index (χ2n) is 4.67. The van der Waals surface area contributed by atoms with Crippen molar-refractivity contribution in [1.82, 2.24) is 5.32 Å². The zero-order valence-corrected chi connectivity index (χ0v) is 10.9. The van der Waals surface area contributed by atoms with Gasteiger partial charge in [-0.2, -0.15) is 0 Å². The summed E-state index contributed by atoms with van der Waals surface area (Å²) in [6, 6.07) is 5.25. The van der Waals surface area contributed by atoms with E-state index in [1.807, 2.05) is 6.92 Å². The SMILES string of the molecule is CCCCC(C)NC(C)c1ccc(O)cc1O. The van der Waals surface area contributed by atoms with Gasteiger partial charge in [-0.3, -0.25) is 0 Å². The molecule has 0 aliphatic heterocycles. The zero-order chi connectivity index (χ0) is 12.8. The van der Waals surface area contributed by atoms with Gasteiger partial charge in [0, 0.05) is 23.7 Å². The lowest BCUT2D eigenvalue weighted by atomic mass is 10.0. The van der Waals surface area contributed by atoms with Crippen LogP contribution in [0.4, 0.5) is 0 Å². The Hall–Kier alpha value is -1.22. The molecule has 0 saturated carbocycles. The number of rotatable bonds is 6. The van der Waals surface area contributed by atoms with Crippen LogP contribution in [0.2, 0.25) is 0 Å². The minimum atomic E-state index is 0.0856. The zero-order valence-electron chi connectivity index (χ0n) is 10.9. The molecule has 3 nitrogen and oxygen atoms in total. The van der Waals surface area contributed by atoms with E-state index in [0.717, 1.165) is 12.0 Å². The van der Waals surface area contributed by atoms with Crippen molar-refractivity contribution in [2.45, 2.75) is 52.1 Å². The molecule has 0 aromatic heterocycles. The second-order valence-corrected chi connectivity index (χ2v) is 4.67. The van der Waals surface area contributed by atoms with Gasteiger partial charge in [-0.05, 0) is 26.3 Å². The van der Waals surface area contributed by atoms with Gasteiger partial charge >= 0.3 is 0 Å². The normalized spacial score (nSPS) is 14.5. The average molecular weight is 237 g/mol. The van der Waals surface area contributed by atoms with Gasteiger partial charge in [0.15, 0.2) is 0 Å². The molecule has 0 amide bonds. The van der Waals surface area contributed by atoms with E-state index < -0.39 is 0 Å². The molecule has 2 unspecified atom stereocenters. The molecule has 0 bridgehead atoms. The van der Waals surface area contributed by atoms with Crippen LogP contribution in [0.3, 0.4) is 0 Å². The lowest BCUT2D eigenvalue weighted by molar-refractivity contribution is 0.413. The Morgan fingerprint density at radius 2 is 1.94 bits per heavy atom. The summed E-state index contributed by atoms with van der Waals surface area (Å²) in [7, 11) is 0. The van der Waals surface area contributed by atoms with Gasteiger partial charge in [0.25, 0.3) is 0 Å². The Balaban J connectivity index is 2.60. The molecule has 0 heterocycles. The van der Waals surface area contributed by atoms with E-state index in [0.29, 0.717) is 6.04 Å². The van der Waals surface area contributed by atoms with Crippen molar-refractivity contribution >= 4 is 0 Å². The Kier molecular flexibility index (Phi) is 5.29. The maximum absolute atomic E-state index is 9.75. The predicted octanol–water partition coefficient (Wildman–Crippen LogP) is 3.33. The van der Waals surface area contributed by atoms with Crippen LogP contribution >= 0.6 is 0 Å². The first-order valence-electron chi connectivity index (χ1n) is 6.32. The highest BCUT2D eigenvalue weighted by Gasteiger charge is 2.13. The Morgan fingerprint density at radius 3 is 2.53 bits per heavy atom. The molecule has 17 heavy (non-hydrogen) atoms. The number of benzene rings is 1. The molecular weight excluding hydrogens is 214 g/mol. The summed E-state index contributed by atoms with van der Waals surface area (Å²) < 4.78 is 0. The fraction of sp³-hybridized carbons (Fsp3) is 0.571. The summed E-state index contributed by atoms with van der Waals surface area (Å²) >= 11 is 0. The summed E-state index contributed by atoms with van der Waals surface area (Å²) in [5.74, 6) is 0.241. The van der Waals surface area contributed by atoms with Crippen LogP contribution in [0, 0.1) is 0 Å². The molecule has 0 spiro atoms. The molecule has 2 atom stereocenters. The van der Waals surface area contributed by atoms with Gasteiger partial charge in [-0.1, -0.05) is 25.8 Å². The summed E-state index contributed by atoms with van der Waals surface area (Å²) in [6.45, 7) is 6.36. The largest absolute Gasteiger partial charge is 0.508 e. The minimum Gasteiger partial charge on any atom is -0.508 e. The molecule has 0 aliphatic carbocycles. The van der Waals surface area contributed by atoms with Gasteiger partial charge in [-0.15, -0.1) is 0 Å². The highest BCUT2D eigenvalue weighted by molar-refractivity contribution is 5.40. The summed E-state index contributed by atoms with van der Waals surface area (Å²) in [5.41, 5.74) is 0.825. The van der Waals surface area contributed by atoms with Crippen LogP contribution in [0.1, 0.15) is 51.6 Å². The van der Waals surface area contributed by atoms with E-state index in [-0.39, 0.29) is 17.5 Å². The van der Waals surface area contributed by atoms with Crippen molar-refractivity contribution < 1.29 is 10.2 Å². The first kappa shape index (κ1) is 13.8. The molecule has 1 rings (SSSR count). The summed E-state index contributed by atoms with van der Waals surface area (Å²) in [6.07, 6.45) is 3.55. The van der Waals surface area contributed by atoms with E-state index in [2.05, 4.69) is 19.2 Å². The van der Waals surface area contributed by atoms with Crippen molar-refractivity contribution in [3.63, 3.8) is 0 Å². The molecular formula is C14H23NO2. The highest BCUT2D eigenvalue weighted by atomic mass is 16.3. The van der Waals surface area contributed by atoms with Gasteiger partial charge in [0.1, 0.15) is 11.5 Å². The number of phenols is 2. The smallest absolute Gasteiger partial charge is 0.124 e. The van der Waals surface area contributed by atoms with Crippen LogP contribution in [0.5, 0.6) is 11.5 Å². The molecule has 3 heteroatoms. The fourth-order valence-corrected chi connectivity index (χ4v) is 2.01. The minimum absolute atomic E-state index is 0.0856. The fourth-order valence-electron chi connectivity index (χ4n) is 2.01. The van der Waals surface area contributed by atoms with E-state index in [9.17, 15) is 10.2 Å². The number of phenolic OH excluding ortho intramolecular Hbond substituents is 2. The molecule has 1 aromatic rings. The van der Waals surface area contributed by atoms with Crippen LogP contribution < -0.4 is 5.32 Å². The van der Waals surface area contributed by atoms with Gasteiger partial charge in [0.05, 0.1) is 0 Å². The van der Waals surface area contributed by atoms with Crippen molar-refractivity contribution in [3.05, 3.63) is 23.8 Å². The molecule has 3 N–H and O–H groups in total. The maximum atomic E-state index is 9.75. The van der Waals surface area contributed by atoms with Gasteiger partial charge in [-0.25, -0.2) is 0 Å². The number of hydrogen-bond donors (Lipinski definition) is 3. The highest BCUT2D eigenvalue weighted by Crippen LogP contribution is 2.28.